The van der Waals surface area contributed by atoms with Gasteiger partial charge in [-0.15, -0.1) is 0 Å². The summed E-state index contributed by atoms with van der Waals surface area (Å²) in [4.78, 5) is 28.6. The molecule has 0 aliphatic carbocycles. The number of aromatic hydroxyl groups is 1. The largest absolute Gasteiger partial charge is 0.508 e. The van der Waals surface area contributed by atoms with Gasteiger partial charge in [0.2, 0.25) is 5.82 Å². The third-order valence-electron chi connectivity index (χ3n) is 5.07. The van der Waals surface area contributed by atoms with E-state index in [1.807, 2.05) is 0 Å². The minimum Gasteiger partial charge on any atom is -0.508 e. The molecule has 0 spiro atoms. The minimum atomic E-state index is -0.617. The van der Waals surface area contributed by atoms with E-state index in [4.69, 9.17) is 13.7 Å². The fourth-order valence-electron chi connectivity index (χ4n) is 3.37. The molecule has 3 aromatic carbocycles. The maximum absolute atomic E-state index is 13.1. The van der Waals surface area contributed by atoms with Crippen LogP contribution in [-0.4, -0.2) is 21.2 Å². The normalized spacial score (nSPS) is 11.0. The number of nitrogens with zero attached hydrogens (tertiary/aromatic N) is 2. The molecule has 0 unspecified atom stereocenters. The van der Waals surface area contributed by atoms with E-state index in [0.29, 0.717) is 27.9 Å². The summed E-state index contributed by atoms with van der Waals surface area (Å²) in [6.45, 7) is -0.153. The SMILES string of the molecule is O=C(OCc1cc(=O)oc2cc(O)ccc12)c1ccc(-c2noc(-c3ccc(F)cc3)n2)cc1. The molecule has 0 saturated heterocycles. The van der Waals surface area contributed by atoms with Crippen LogP contribution in [0.5, 0.6) is 5.75 Å². The third-order valence-corrected chi connectivity index (χ3v) is 5.07. The van der Waals surface area contributed by atoms with Gasteiger partial charge in [0.15, 0.2) is 0 Å². The Morgan fingerprint density at radius 2 is 1.71 bits per heavy atom. The Kier molecular flexibility index (Phi) is 5.35. The predicted octanol–water partition coefficient (Wildman–Crippen LogP) is 4.71. The first-order valence-corrected chi connectivity index (χ1v) is 10.1. The number of carbonyl (C=O) groups is 1. The van der Waals surface area contributed by atoms with Gasteiger partial charge in [-0.1, -0.05) is 17.3 Å². The van der Waals surface area contributed by atoms with Crippen molar-refractivity contribution in [3.63, 3.8) is 0 Å². The second-order valence-electron chi connectivity index (χ2n) is 7.35. The predicted molar refractivity (Wildman–Crippen MR) is 118 cm³/mol. The van der Waals surface area contributed by atoms with E-state index in [1.54, 1.807) is 30.3 Å². The molecule has 0 bridgehead atoms. The molecular weight excluding hydrogens is 443 g/mol. The average molecular weight is 458 g/mol. The highest BCUT2D eigenvalue weighted by molar-refractivity contribution is 5.90. The molecule has 2 aromatic heterocycles. The van der Waals surface area contributed by atoms with Crippen LogP contribution in [0, 0.1) is 5.82 Å². The molecule has 34 heavy (non-hydrogen) atoms. The van der Waals surface area contributed by atoms with Gasteiger partial charge in [0.25, 0.3) is 5.89 Å². The number of halogens is 1. The number of fused-ring (bicyclic) bond motifs is 1. The van der Waals surface area contributed by atoms with Gasteiger partial charge in [0, 0.05) is 34.2 Å². The summed E-state index contributed by atoms with van der Waals surface area (Å²) in [5, 5.41) is 14.1. The Hall–Kier alpha value is -4.79. The van der Waals surface area contributed by atoms with Gasteiger partial charge in [-0.05, 0) is 48.5 Å². The van der Waals surface area contributed by atoms with E-state index in [2.05, 4.69) is 10.1 Å². The van der Waals surface area contributed by atoms with Crippen molar-refractivity contribution >= 4 is 16.9 Å². The number of hydrogen-bond donors (Lipinski definition) is 1. The molecule has 168 valence electrons. The quantitative estimate of drug-likeness (QED) is 0.297. The molecule has 0 amide bonds. The number of hydrogen-bond acceptors (Lipinski definition) is 8. The smallest absolute Gasteiger partial charge is 0.338 e. The monoisotopic (exact) mass is 458 g/mol. The van der Waals surface area contributed by atoms with Crippen LogP contribution < -0.4 is 5.63 Å². The molecule has 0 aliphatic rings. The number of rotatable bonds is 5. The molecule has 8 nitrogen and oxygen atoms in total. The van der Waals surface area contributed by atoms with Gasteiger partial charge in [-0.3, -0.25) is 0 Å². The molecule has 0 atom stereocenters. The van der Waals surface area contributed by atoms with E-state index >= 15 is 0 Å². The zero-order valence-corrected chi connectivity index (χ0v) is 17.4. The lowest BCUT2D eigenvalue weighted by Gasteiger charge is -2.08. The number of phenols is 1. The summed E-state index contributed by atoms with van der Waals surface area (Å²) in [6, 6.07) is 17.7. The molecule has 0 radical (unpaired) electrons. The van der Waals surface area contributed by atoms with Gasteiger partial charge in [0.05, 0.1) is 5.56 Å². The summed E-state index contributed by atoms with van der Waals surface area (Å²) in [5.41, 5.74) is 1.52. The highest BCUT2D eigenvalue weighted by Gasteiger charge is 2.14. The number of ether oxygens (including phenoxy) is 1. The Bertz CT molecular complexity index is 1560. The topological polar surface area (TPSA) is 116 Å². The third kappa shape index (κ3) is 4.26. The molecule has 5 aromatic rings. The summed E-state index contributed by atoms with van der Waals surface area (Å²) >= 11 is 0. The van der Waals surface area contributed by atoms with Gasteiger partial charge >= 0.3 is 11.6 Å². The average Bonchev–Trinajstić information content (AvgIpc) is 3.33. The van der Waals surface area contributed by atoms with Gasteiger partial charge in [-0.25, -0.2) is 14.0 Å². The summed E-state index contributed by atoms with van der Waals surface area (Å²) in [6.07, 6.45) is 0. The Labute approximate surface area is 190 Å². The van der Waals surface area contributed by atoms with Crippen molar-refractivity contribution in [3.05, 3.63) is 100 Å². The molecular formula is C25H15FN2O6. The van der Waals surface area contributed by atoms with Crippen molar-refractivity contribution in [1.29, 1.82) is 0 Å². The van der Waals surface area contributed by atoms with E-state index in [-0.39, 0.29) is 35.2 Å². The van der Waals surface area contributed by atoms with E-state index in [1.165, 1.54) is 42.5 Å². The van der Waals surface area contributed by atoms with Crippen LogP contribution in [0.15, 0.2) is 86.5 Å². The maximum Gasteiger partial charge on any atom is 0.338 e. The molecule has 9 heteroatoms. The fourth-order valence-corrected chi connectivity index (χ4v) is 3.37. The van der Waals surface area contributed by atoms with Crippen LogP contribution in [0.1, 0.15) is 15.9 Å². The molecule has 0 aliphatic heterocycles. The number of phenolic OH excluding ortho intramolecular Hbond substituents is 1. The zero-order valence-electron chi connectivity index (χ0n) is 17.4. The summed E-state index contributed by atoms with van der Waals surface area (Å²) in [7, 11) is 0. The lowest BCUT2D eigenvalue weighted by Crippen LogP contribution is -2.08. The van der Waals surface area contributed by atoms with Crippen LogP contribution in [0.3, 0.4) is 0 Å². The Balaban J connectivity index is 1.30. The van der Waals surface area contributed by atoms with Crippen molar-refractivity contribution in [3.8, 4) is 28.6 Å². The van der Waals surface area contributed by atoms with Crippen LogP contribution in [0.2, 0.25) is 0 Å². The van der Waals surface area contributed by atoms with Crippen LogP contribution in [0.25, 0.3) is 33.8 Å². The molecule has 5 rings (SSSR count). The first-order valence-electron chi connectivity index (χ1n) is 10.1. The second-order valence-corrected chi connectivity index (χ2v) is 7.35. The van der Waals surface area contributed by atoms with E-state index < -0.39 is 11.6 Å². The number of esters is 1. The fraction of sp³-hybridized carbons (Fsp3) is 0.0400. The van der Waals surface area contributed by atoms with Gasteiger partial charge < -0.3 is 18.8 Å². The van der Waals surface area contributed by atoms with Crippen molar-refractivity contribution in [2.24, 2.45) is 0 Å². The first kappa shape index (κ1) is 21.1. The van der Waals surface area contributed by atoms with Crippen molar-refractivity contribution in [2.45, 2.75) is 6.61 Å². The van der Waals surface area contributed by atoms with Gasteiger partial charge in [0.1, 0.15) is 23.8 Å². The Morgan fingerprint density at radius 3 is 2.47 bits per heavy atom. The molecule has 1 N–H and O–H groups in total. The van der Waals surface area contributed by atoms with E-state index in [9.17, 15) is 19.1 Å². The van der Waals surface area contributed by atoms with Crippen LogP contribution >= 0.6 is 0 Å². The standard InChI is InChI=1S/C25H15FN2O6/c26-18-7-5-15(6-8-18)24-27-23(28-34-24)14-1-3-16(4-2-14)25(31)32-13-17-11-22(30)33-21-12-19(29)9-10-20(17)21/h1-12,29H,13H2. The second kappa shape index (κ2) is 8.62. The van der Waals surface area contributed by atoms with Crippen LogP contribution in [0.4, 0.5) is 4.39 Å². The lowest BCUT2D eigenvalue weighted by molar-refractivity contribution is 0.0474. The van der Waals surface area contributed by atoms with E-state index in [0.717, 1.165) is 0 Å². The number of benzene rings is 3. The molecule has 0 saturated carbocycles. The maximum atomic E-state index is 13.1. The Morgan fingerprint density at radius 1 is 0.971 bits per heavy atom. The summed E-state index contributed by atoms with van der Waals surface area (Å²) in [5.74, 6) is -0.450. The highest BCUT2D eigenvalue weighted by atomic mass is 19.1. The highest BCUT2D eigenvalue weighted by Crippen LogP contribution is 2.24. The van der Waals surface area contributed by atoms with Gasteiger partial charge in [-0.2, -0.15) is 4.98 Å². The zero-order chi connectivity index (χ0) is 23.7. The first-order chi connectivity index (χ1) is 16.5. The van der Waals surface area contributed by atoms with Crippen molar-refractivity contribution in [1.82, 2.24) is 10.1 Å². The van der Waals surface area contributed by atoms with Crippen molar-refractivity contribution in [2.75, 3.05) is 0 Å². The number of aromatic nitrogens is 2. The van der Waals surface area contributed by atoms with Crippen molar-refractivity contribution < 1.29 is 28.0 Å². The molecule has 2 heterocycles. The summed E-state index contributed by atoms with van der Waals surface area (Å²) < 4.78 is 28.8. The number of carbonyl (C=O) groups excluding carboxylic acids is 1. The lowest BCUT2D eigenvalue weighted by atomic mass is 10.1. The van der Waals surface area contributed by atoms with Crippen LogP contribution in [-0.2, 0) is 11.3 Å². The molecule has 0 fully saturated rings. The minimum absolute atomic E-state index is 0.0451.